The van der Waals surface area contributed by atoms with Gasteiger partial charge in [0.15, 0.2) is 23.5 Å². The van der Waals surface area contributed by atoms with Gasteiger partial charge in [0.05, 0.1) is 26.9 Å². The zero-order chi connectivity index (χ0) is 40.7. The quantitative estimate of drug-likeness (QED) is 0.0863. The number of fused-ring (bicyclic) bond motifs is 1. The van der Waals surface area contributed by atoms with Crippen LogP contribution in [0.4, 0.5) is 0 Å². The van der Waals surface area contributed by atoms with Gasteiger partial charge in [0, 0.05) is 17.7 Å². The molecule has 56 heavy (non-hydrogen) atoms. The predicted octanol–water partition coefficient (Wildman–Crippen LogP) is -4.94. The van der Waals surface area contributed by atoms with Gasteiger partial charge in [-0.25, -0.2) is 0 Å². The highest BCUT2D eigenvalue weighted by Crippen LogP contribution is 2.41. The van der Waals surface area contributed by atoms with Crippen molar-refractivity contribution in [2.75, 3.05) is 26.9 Å². The largest absolute Gasteiger partial charge is 0.507 e. The van der Waals surface area contributed by atoms with Crippen molar-refractivity contribution in [3.05, 3.63) is 40.6 Å². The second-order valence-electron chi connectivity index (χ2n) is 13.2. The molecule has 2 aromatic carbocycles. The predicted molar refractivity (Wildman–Crippen MR) is 179 cm³/mol. The smallest absolute Gasteiger partial charge is 0.239 e. The number of benzene rings is 2. The van der Waals surface area contributed by atoms with Gasteiger partial charge >= 0.3 is 0 Å². The Bertz CT molecular complexity index is 1880. The van der Waals surface area contributed by atoms with Crippen LogP contribution in [0.25, 0.3) is 22.3 Å². The van der Waals surface area contributed by atoms with E-state index in [-0.39, 0.29) is 22.6 Å². The number of aliphatic hydroxyl groups excluding tert-OH is 11. The molecule has 3 aromatic rings. The molecule has 3 saturated heterocycles. The van der Waals surface area contributed by atoms with Gasteiger partial charge in [-0.2, -0.15) is 0 Å². The third kappa shape index (κ3) is 7.70. The van der Waals surface area contributed by atoms with E-state index in [2.05, 4.69) is 0 Å². The lowest BCUT2D eigenvalue weighted by Gasteiger charge is -2.45. The van der Waals surface area contributed by atoms with Crippen molar-refractivity contribution >= 4 is 11.0 Å². The molecule has 3 aliphatic rings. The Balaban J connectivity index is 1.33. The molecule has 15 atom stereocenters. The van der Waals surface area contributed by atoms with Crippen LogP contribution in [0.15, 0.2) is 39.5 Å². The number of phenols is 2. The number of methoxy groups -OCH3 is 1. The van der Waals surface area contributed by atoms with Crippen molar-refractivity contribution < 1.29 is 104 Å². The minimum Gasteiger partial charge on any atom is -0.507 e. The standard InChI is InChI=1S/C34H42O22/c1-49-11-5-13(39)19-15(6-11)50-29(10-2-3-14(12(38)4-10)51-32-26(46)23(43)20(40)16(7-35)52-32)31(22(19)42)56-34-28(48)25(45)30(18(9-37)54-34)55-33-27(47)24(44)21(41)17(8-36)53-33/h2-6,16-18,20-21,23-28,30,32-41,43-48H,7-9H2,1H3. The second kappa shape index (κ2) is 16.9. The van der Waals surface area contributed by atoms with E-state index in [1.807, 2.05) is 0 Å². The van der Waals surface area contributed by atoms with E-state index in [4.69, 9.17) is 37.6 Å². The Hall–Kier alpha value is -3.95. The van der Waals surface area contributed by atoms with Crippen molar-refractivity contribution in [1.82, 2.24) is 0 Å². The summed E-state index contributed by atoms with van der Waals surface area (Å²) in [4.78, 5) is 14.0. The van der Waals surface area contributed by atoms with E-state index in [0.717, 1.165) is 18.2 Å². The van der Waals surface area contributed by atoms with Gasteiger partial charge in [0.1, 0.15) is 95.7 Å². The van der Waals surface area contributed by atoms with Crippen LogP contribution in [0.3, 0.4) is 0 Å². The second-order valence-corrected chi connectivity index (χ2v) is 13.2. The van der Waals surface area contributed by atoms with E-state index in [1.165, 1.54) is 19.2 Å². The molecule has 0 spiro atoms. The number of rotatable bonds is 11. The van der Waals surface area contributed by atoms with Gasteiger partial charge in [-0.15, -0.1) is 0 Å². The van der Waals surface area contributed by atoms with Crippen LogP contribution in [0.2, 0.25) is 0 Å². The van der Waals surface area contributed by atoms with Crippen LogP contribution in [0.1, 0.15) is 0 Å². The average molecular weight is 803 g/mol. The summed E-state index contributed by atoms with van der Waals surface area (Å²) in [6.07, 6.45) is -26.5. The monoisotopic (exact) mass is 802 g/mol. The van der Waals surface area contributed by atoms with Crippen LogP contribution >= 0.6 is 0 Å². The minimum absolute atomic E-state index is 0.0641. The van der Waals surface area contributed by atoms with Crippen LogP contribution < -0.4 is 19.6 Å². The lowest BCUT2D eigenvalue weighted by Crippen LogP contribution is -2.65. The normalized spacial score (nSPS) is 36.3. The molecule has 6 rings (SSSR count). The zero-order valence-electron chi connectivity index (χ0n) is 29.2. The van der Waals surface area contributed by atoms with E-state index >= 15 is 0 Å². The van der Waals surface area contributed by atoms with Gasteiger partial charge in [-0.3, -0.25) is 4.79 Å². The summed E-state index contributed by atoms with van der Waals surface area (Å²) in [5, 5.41) is 134. The fourth-order valence-electron chi connectivity index (χ4n) is 6.49. The average Bonchev–Trinajstić information content (AvgIpc) is 3.18. The molecular weight excluding hydrogens is 760 g/mol. The van der Waals surface area contributed by atoms with Crippen LogP contribution in [-0.2, 0) is 18.9 Å². The maximum absolute atomic E-state index is 14.0. The molecule has 0 bridgehead atoms. The lowest BCUT2D eigenvalue weighted by atomic mass is 9.97. The summed E-state index contributed by atoms with van der Waals surface area (Å²) < 4.78 is 44.3. The maximum atomic E-state index is 14.0. The highest BCUT2D eigenvalue weighted by Gasteiger charge is 2.51. The first kappa shape index (κ1) is 41.7. The molecule has 1 aromatic heterocycles. The number of phenolic OH excluding ortho intramolecular Hbond substituents is 2. The topological polar surface area (TPSA) is 358 Å². The zero-order valence-corrected chi connectivity index (χ0v) is 29.2. The van der Waals surface area contributed by atoms with Crippen molar-refractivity contribution in [1.29, 1.82) is 0 Å². The molecule has 0 aliphatic carbocycles. The first-order valence-corrected chi connectivity index (χ1v) is 17.1. The lowest BCUT2D eigenvalue weighted by molar-refractivity contribution is -0.352. The number of aliphatic hydroxyl groups is 11. The van der Waals surface area contributed by atoms with Crippen molar-refractivity contribution in [3.8, 4) is 40.1 Å². The summed E-state index contributed by atoms with van der Waals surface area (Å²) in [7, 11) is 1.28. The highest BCUT2D eigenvalue weighted by atomic mass is 16.7. The van der Waals surface area contributed by atoms with Gasteiger partial charge < -0.3 is 104 Å². The maximum Gasteiger partial charge on any atom is 0.239 e. The number of hydrogen-bond acceptors (Lipinski definition) is 22. The molecule has 0 radical (unpaired) electrons. The Labute approximate surface area is 314 Å². The Morgan fingerprint density at radius 2 is 1.18 bits per heavy atom. The van der Waals surface area contributed by atoms with Crippen molar-refractivity contribution in [3.63, 3.8) is 0 Å². The fraction of sp³-hybridized carbons (Fsp3) is 0.559. The third-order valence-corrected chi connectivity index (χ3v) is 9.65. The van der Waals surface area contributed by atoms with Gasteiger partial charge in [0.2, 0.25) is 23.8 Å². The molecule has 15 unspecified atom stereocenters. The number of hydrogen-bond donors (Lipinski definition) is 13. The molecule has 13 N–H and O–H groups in total. The van der Waals surface area contributed by atoms with E-state index in [0.29, 0.717) is 0 Å². The van der Waals surface area contributed by atoms with E-state index in [9.17, 15) is 71.2 Å². The van der Waals surface area contributed by atoms with Crippen LogP contribution in [-0.4, -0.2) is 185 Å². The van der Waals surface area contributed by atoms with E-state index in [1.54, 1.807) is 0 Å². The molecular formula is C34H42O22. The fourth-order valence-corrected chi connectivity index (χ4v) is 6.49. The molecule has 0 saturated carbocycles. The molecule has 3 fully saturated rings. The molecule has 22 heteroatoms. The van der Waals surface area contributed by atoms with Crippen molar-refractivity contribution in [2.45, 2.75) is 92.1 Å². The third-order valence-electron chi connectivity index (χ3n) is 9.65. The Morgan fingerprint density at radius 1 is 0.625 bits per heavy atom. The van der Waals surface area contributed by atoms with Crippen LogP contribution in [0.5, 0.6) is 28.7 Å². The Morgan fingerprint density at radius 3 is 1.77 bits per heavy atom. The van der Waals surface area contributed by atoms with Crippen LogP contribution in [0, 0.1) is 0 Å². The Kier molecular flexibility index (Phi) is 12.6. The summed E-state index contributed by atoms with van der Waals surface area (Å²) in [6.45, 7) is -2.49. The summed E-state index contributed by atoms with van der Waals surface area (Å²) >= 11 is 0. The number of ether oxygens (including phenoxy) is 7. The minimum atomic E-state index is -2.11. The molecule has 22 nitrogen and oxygen atoms in total. The van der Waals surface area contributed by atoms with E-state index < -0.39 is 146 Å². The van der Waals surface area contributed by atoms with Gasteiger partial charge in [0.25, 0.3) is 0 Å². The molecule has 310 valence electrons. The summed E-state index contributed by atoms with van der Waals surface area (Å²) in [5.74, 6) is -2.80. The number of aromatic hydroxyl groups is 2. The summed E-state index contributed by atoms with van der Waals surface area (Å²) in [5.41, 5.74) is -1.43. The van der Waals surface area contributed by atoms with Gasteiger partial charge in [-0.05, 0) is 18.2 Å². The SMILES string of the molecule is COc1cc(O)c2c(=O)c(OC3OC(CO)C(OC4OC(CO)C(O)C(O)C4O)C(O)C3O)c(-c3ccc(OC4OC(CO)C(O)C(O)C4O)c(O)c3)oc2c1. The molecule has 4 heterocycles. The first-order valence-electron chi connectivity index (χ1n) is 17.1. The molecule has 0 amide bonds. The van der Waals surface area contributed by atoms with Gasteiger partial charge in [-0.1, -0.05) is 0 Å². The first-order chi connectivity index (χ1) is 26.6. The van der Waals surface area contributed by atoms with Crippen molar-refractivity contribution in [2.24, 2.45) is 0 Å². The highest BCUT2D eigenvalue weighted by molar-refractivity contribution is 5.88. The summed E-state index contributed by atoms with van der Waals surface area (Å²) in [6, 6.07) is 5.70. The molecule has 3 aliphatic heterocycles.